The second-order valence-corrected chi connectivity index (χ2v) is 12.8. The Morgan fingerprint density at radius 2 is 0.771 bits per heavy atom. The molecule has 48 heavy (non-hydrogen) atoms. The van der Waals surface area contributed by atoms with Gasteiger partial charge in [0, 0.05) is 11.1 Å². The normalized spacial score (nSPS) is 13.3. The molecule has 0 amide bonds. The minimum atomic E-state index is -0.632. The van der Waals surface area contributed by atoms with E-state index in [-0.39, 0.29) is 0 Å². The first-order chi connectivity index (χ1) is 23.8. The van der Waals surface area contributed by atoms with E-state index in [2.05, 4.69) is 182 Å². The smallest absolute Gasteiger partial charge is 0.132 e. The van der Waals surface area contributed by atoms with Crippen molar-refractivity contribution >= 4 is 43.1 Å². The van der Waals surface area contributed by atoms with Crippen LogP contribution >= 0.6 is 0 Å². The first-order valence-electron chi connectivity index (χ1n) is 16.6. The van der Waals surface area contributed by atoms with Gasteiger partial charge in [-0.15, -0.1) is 0 Å². The second-order valence-electron chi connectivity index (χ2n) is 12.8. The first-order valence-corrected chi connectivity index (χ1v) is 16.6. The molecule has 1 heteroatoms. The highest BCUT2D eigenvalue weighted by molar-refractivity contribution is 6.08. The maximum Gasteiger partial charge on any atom is 0.132 e. The number of hydrogen-bond acceptors (Lipinski definition) is 1. The molecule has 9 aromatic carbocycles. The third-order valence-electron chi connectivity index (χ3n) is 10.4. The Hall–Kier alpha value is -6.18. The lowest BCUT2D eigenvalue weighted by Gasteiger charge is -2.43. The molecule has 0 saturated heterocycles. The molecule has 0 bridgehead atoms. The van der Waals surface area contributed by atoms with E-state index < -0.39 is 5.41 Å². The Morgan fingerprint density at radius 3 is 1.42 bits per heavy atom. The third-order valence-corrected chi connectivity index (χ3v) is 10.4. The molecule has 10 rings (SSSR count). The molecule has 0 atom stereocenters. The van der Waals surface area contributed by atoms with Gasteiger partial charge in [-0.2, -0.15) is 0 Å². The summed E-state index contributed by atoms with van der Waals surface area (Å²) < 4.78 is 6.86. The third kappa shape index (κ3) is 3.85. The van der Waals surface area contributed by atoms with E-state index in [4.69, 9.17) is 4.74 Å². The average Bonchev–Trinajstić information content (AvgIpc) is 3.17. The van der Waals surface area contributed by atoms with Gasteiger partial charge in [0.25, 0.3) is 0 Å². The summed E-state index contributed by atoms with van der Waals surface area (Å²) in [5.41, 5.74) is 6.56. The van der Waals surface area contributed by atoms with Gasteiger partial charge in [-0.1, -0.05) is 164 Å². The summed E-state index contributed by atoms with van der Waals surface area (Å²) in [6.07, 6.45) is 0. The molecular weight excluding hydrogens is 581 g/mol. The number of benzene rings is 9. The highest BCUT2D eigenvalue weighted by atomic mass is 16.5. The average molecular weight is 611 g/mol. The molecular formula is C47H30O. The molecule has 0 spiro atoms. The van der Waals surface area contributed by atoms with Gasteiger partial charge < -0.3 is 4.74 Å². The van der Waals surface area contributed by atoms with E-state index in [1.54, 1.807) is 0 Å². The van der Waals surface area contributed by atoms with Crippen LogP contribution in [-0.4, -0.2) is 0 Å². The summed E-state index contributed by atoms with van der Waals surface area (Å²) in [7, 11) is 0. The molecule has 0 radical (unpaired) electrons. The molecule has 1 heterocycles. The van der Waals surface area contributed by atoms with Crippen molar-refractivity contribution in [3.63, 3.8) is 0 Å². The minimum absolute atomic E-state index is 0.632. The fourth-order valence-electron chi connectivity index (χ4n) is 8.23. The molecule has 9 aromatic rings. The van der Waals surface area contributed by atoms with Gasteiger partial charge in [-0.05, 0) is 83.5 Å². The van der Waals surface area contributed by atoms with Crippen LogP contribution in [0.2, 0.25) is 0 Å². The van der Waals surface area contributed by atoms with Crippen molar-refractivity contribution in [3.05, 3.63) is 204 Å². The highest BCUT2D eigenvalue weighted by Crippen LogP contribution is 2.59. The zero-order chi connectivity index (χ0) is 31.7. The lowest BCUT2D eigenvalue weighted by molar-refractivity contribution is 0.439. The SMILES string of the molecule is c1ccc(C2(c3ccc(-c4ccc5c(ccc6ccccc65)c4)cc3)c3c(ccc4ccccc34)Oc3ccc4ccccc4c32)cc1. The first kappa shape index (κ1) is 27.0. The molecule has 1 aliphatic heterocycles. The van der Waals surface area contributed by atoms with E-state index in [0.29, 0.717) is 0 Å². The van der Waals surface area contributed by atoms with Crippen molar-refractivity contribution in [2.45, 2.75) is 5.41 Å². The largest absolute Gasteiger partial charge is 0.457 e. The molecule has 1 aliphatic rings. The van der Waals surface area contributed by atoms with Crippen molar-refractivity contribution in [2.75, 3.05) is 0 Å². The lowest BCUT2D eigenvalue weighted by Crippen LogP contribution is -2.34. The summed E-state index contributed by atoms with van der Waals surface area (Å²) in [5, 5.41) is 9.88. The van der Waals surface area contributed by atoms with E-state index in [9.17, 15) is 0 Å². The Kier molecular flexibility index (Phi) is 5.86. The van der Waals surface area contributed by atoms with E-state index in [1.165, 1.54) is 76.5 Å². The lowest BCUT2D eigenvalue weighted by atomic mass is 9.61. The van der Waals surface area contributed by atoms with Crippen LogP contribution < -0.4 is 4.74 Å². The minimum Gasteiger partial charge on any atom is -0.457 e. The maximum absolute atomic E-state index is 6.86. The highest BCUT2D eigenvalue weighted by Gasteiger charge is 2.47. The van der Waals surface area contributed by atoms with Crippen LogP contribution in [-0.2, 0) is 5.41 Å². The molecule has 0 unspecified atom stereocenters. The maximum atomic E-state index is 6.86. The summed E-state index contributed by atoms with van der Waals surface area (Å²) in [5.74, 6) is 1.79. The zero-order valence-electron chi connectivity index (χ0n) is 26.2. The molecule has 1 nitrogen and oxygen atoms in total. The van der Waals surface area contributed by atoms with Gasteiger partial charge in [0.05, 0.1) is 5.41 Å². The van der Waals surface area contributed by atoms with Crippen molar-refractivity contribution in [3.8, 4) is 22.6 Å². The molecule has 0 aromatic heterocycles. The van der Waals surface area contributed by atoms with Crippen LogP contribution in [0.1, 0.15) is 22.3 Å². The Morgan fingerprint density at radius 1 is 0.312 bits per heavy atom. The van der Waals surface area contributed by atoms with Crippen LogP contribution in [0.5, 0.6) is 11.5 Å². The fourth-order valence-corrected chi connectivity index (χ4v) is 8.23. The quantitative estimate of drug-likeness (QED) is 0.181. The van der Waals surface area contributed by atoms with E-state index in [1.807, 2.05) is 0 Å². The zero-order valence-corrected chi connectivity index (χ0v) is 26.2. The van der Waals surface area contributed by atoms with Gasteiger partial charge in [-0.25, -0.2) is 0 Å². The Labute approximate surface area is 279 Å². The number of hydrogen-bond donors (Lipinski definition) is 0. The monoisotopic (exact) mass is 610 g/mol. The van der Waals surface area contributed by atoms with Gasteiger partial charge in [0.1, 0.15) is 11.5 Å². The van der Waals surface area contributed by atoms with Crippen LogP contribution in [0.4, 0.5) is 0 Å². The van der Waals surface area contributed by atoms with Crippen molar-refractivity contribution in [1.29, 1.82) is 0 Å². The second kappa shape index (κ2) is 10.4. The predicted octanol–water partition coefficient (Wildman–Crippen LogP) is 12.5. The number of ether oxygens (including phenoxy) is 1. The van der Waals surface area contributed by atoms with Gasteiger partial charge in [0.15, 0.2) is 0 Å². The summed E-state index contributed by atoms with van der Waals surface area (Å²) in [6.45, 7) is 0. The van der Waals surface area contributed by atoms with Gasteiger partial charge in [-0.3, -0.25) is 0 Å². The van der Waals surface area contributed by atoms with Crippen LogP contribution in [0.15, 0.2) is 182 Å². The van der Waals surface area contributed by atoms with Crippen molar-refractivity contribution < 1.29 is 4.74 Å². The number of rotatable bonds is 3. The van der Waals surface area contributed by atoms with Crippen LogP contribution in [0.25, 0.3) is 54.2 Å². The van der Waals surface area contributed by atoms with Crippen LogP contribution in [0.3, 0.4) is 0 Å². The van der Waals surface area contributed by atoms with Gasteiger partial charge >= 0.3 is 0 Å². The summed E-state index contributed by atoms with van der Waals surface area (Å²) in [6, 6.07) is 66.3. The molecule has 224 valence electrons. The van der Waals surface area contributed by atoms with Gasteiger partial charge in [0.2, 0.25) is 0 Å². The molecule has 0 N–H and O–H groups in total. The Bertz CT molecular complexity index is 2600. The number of fused-ring (bicyclic) bond motifs is 9. The molecule has 0 fully saturated rings. The van der Waals surface area contributed by atoms with Crippen molar-refractivity contribution in [1.82, 2.24) is 0 Å². The predicted molar refractivity (Wildman–Crippen MR) is 200 cm³/mol. The summed E-state index contributed by atoms with van der Waals surface area (Å²) >= 11 is 0. The van der Waals surface area contributed by atoms with Crippen LogP contribution in [0, 0.1) is 0 Å². The standard InChI is InChI=1S/C47H30O/c1-2-13-37(14-3-1)47(38-25-20-31(21-26-38)35-22-27-40-36(30-35)19-18-32-10-4-7-15-39(32)40)45-41-16-8-5-11-33(41)23-28-43(45)48-44-29-24-34-12-6-9-17-42(34)46(44)47/h1-30H. The Balaban J connectivity index is 1.26. The summed E-state index contributed by atoms with van der Waals surface area (Å²) in [4.78, 5) is 0. The van der Waals surface area contributed by atoms with E-state index in [0.717, 1.165) is 11.5 Å². The van der Waals surface area contributed by atoms with E-state index >= 15 is 0 Å². The fraction of sp³-hybridized carbons (Fsp3) is 0.0213. The molecule has 0 aliphatic carbocycles. The topological polar surface area (TPSA) is 9.23 Å². The van der Waals surface area contributed by atoms with Crippen molar-refractivity contribution in [2.24, 2.45) is 0 Å². The molecule has 0 saturated carbocycles.